The maximum absolute atomic E-state index is 12.6. The lowest BCUT2D eigenvalue weighted by molar-refractivity contribution is -0.122. The molecule has 0 spiro atoms. The number of halogens is 2. The summed E-state index contributed by atoms with van der Waals surface area (Å²) in [5.41, 5.74) is 1.13. The molecule has 0 aromatic heterocycles. The molecule has 2 aromatic rings. The quantitative estimate of drug-likeness (QED) is 0.769. The summed E-state index contributed by atoms with van der Waals surface area (Å²) in [6.45, 7) is 3.85. The van der Waals surface area contributed by atoms with E-state index in [4.69, 9.17) is 23.2 Å². The summed E-state index contributed by atoms with van der Waals surface area (Å²) in [5.74, 6) is 0.0960. The Labute approximate surface area is 129 Å². The third-order valence-corrected chi connectivity index (χ3v) is 4.30. The Hall–Kier alpha value is -1.31. The van der Waals surface area contributed by atoms with Crippen LogP contribution < -0.4 is 0 Å². The molecule has 0 amide bonds. The van der Waals surface area contributed by atoms with Gasteiger partial charge in [-0.15, -0.1) is 0 Å². The number of rotatable bonds is 4. The van der Waals surface area contributed by atoms with Gasteiger partial charge in [-0.1, -0.05) is 59.6 Å². The maximum Gasteiger partial charge on any atom is 0.147 e. The van der Waals surface area contributed by atoms with Crippen molar-refractivity contribution in [2.75, 3.05) is 0 Å². The minimum atomic E-state index is -0.566. The van der Waals surface area contributed by atoms with E-state index in [9.17, 15) is 4.79 Å². The van der Waals surface area contributed by atoms with Gasteiger partial charge < -0.3 is 0 Å². The second-order valence-electron chi connectivity index (χ2n) is 5.29. The van der Waals surface area contributed by atoms with Crippen LogP contribution in [0.5, 0.6) is 0 Å². The van der Waals surface area contributed by atoms with Gasteiger partial charge in [0, 0.05) is 21.9 Å². The molecule has 0 aliphatic carbocycles. The van der Waals surface area contributed by atoms with E-state index >= 15 is 0 Å². The molecule has 0 radical (unpaired) electrons. The third-order valence-electron chi connectivity index (χ3n) is 3.59. The van der Waals surface area contributed by atoms with Gasteiger partial charge in [0.1, 0.15) is 5.78 Å². The van der Waals surface area contributed by atoms with E-state index in [2.05, 4.69) is 0 Å². The van der Waals surface area contributed by atoms with Crippen LogP contribution in [0.1, 0.15) is 25.0 Å². The Bertz CT molecular complexity index is 598. The van der Waals surface area contributed by atoms with E-state index in [1.165, 1.54) is 0 Å². The molecule has 1 nitrogen and oxygen atoms in total. The molecule has 0 fully saturated rings. The molecule has 0 aliphatic heterocycles. The standard InChI is InChI=1S/C17H16Cl2O/c1-17(2,12-7-4-3-5-8-12)16(20)11-13-14(18)9-6-10-15(13)19/h3-10H,11H2,1-2H3. The maximum atomic E-state index is 12.6. The van der Waals surface area contributed by atoms with Gasteiger partial charge in [0.25, 0.3) is 0 Å². The van der Waals surface area contributed by atoms with Gasteiger partial charge in [-0.2, -0.15) is 0 Å². The summed E-state index contributed by atoms with van der Waals surface area (Å²) in [4.78, 5) is 12.6. The minimum Gasteiger partial charge on any atom is -0.298 e. The number of benzene rings is 2. The molecular weight excluding hydrogens is 291 g/mol. The Kier molecular flexibility index (Phi) is 4.52. The lowest BCUT2D eigenvalue weighted by Gasteiger charge is -2.24. The van der Waals surface area contributed by atoms with Gasteiger partial charge in [0.15, 0.2) is 0 Å². The zero-order valence-corrected chi connectivity index (χ0v) is 13.0. The first-order chi connectivity index (χ1) is 9.43. The zero-order chi connectivity index (χ0) is 14.8. The first-order valence-electron chi connectivity index (χ1n) is 6.44. The van der Waals surface area contributed by atoms with Crippen molar-refractivity contribution >= 4 is 29.0 Å². The second-order valence-corrected chi connectivity index (χ2v) is 6.11. The molecule has 0 unspecified atom stereocenters. The summed E-state index contributed by atoms with van der Waals surface area (Å²) in [6, 6.07) is 15.0. The Morgan fingerprint density at radius 3 is 2.05 bits per heavy atom. The average molecular weight is 307 g/mol. The number of hydrogen-bond donors (Lipinski definition) is 0. The van der Waals surface area contributed by atoms with Crippen molar-refractivity contribution in [3.05, 3.63) is 69.7 Å². The van der Waals surface area contributed by atoms with E-state index in [0.29, 0.717) is 15.6 Å². The fourth-order valence-corrected chi connectivity index (χ4v) is 2.63. The normalized spacial score (nSPS) is 11.4. The van der Waals surface area contributed by atoms with Crippen LogP contribution in [0.25, 0.3) is 0 Å². The number of carbonyl (C=O) groups is 1. The van der Waals surface area contributed by atoms with Crippen molar-refractivity contribution in [1.29, 1.82) is 0 Å². The predicted octanol–water partition coefficient (Wildman–Crippen LogP) is 5.08. The van der Waals surface area contributed by atoms with Gasteiger partial charge >= 0.3 is 0 Å². The number of ketones is 1. The summed E-state index contributed by atoms with van der Waals surface area (Å²) in [6.07, 6.45) is 0.237. The highest BCUT2D eigenvalue weighted by Crippen LogP contribution is 2.30. The molecule has 0 atom stereocenters. The molecule has 3 heteroatoms. The Morgan fingerprint density at radius 1 is 0.950 bits per heavy atom. The van der Waals surface area contributed by atoms with Gasteiger partial charge in [-0.05, 0) is 37.1 Å². The van der Waals surface area contributed by atoms with Crippen molar-refractivity contribution in [3.8, 4) is 0 Å². The summed E-state index contributed by atoms with van der Waals surface area (Å²) >= 11 is 12.3. The largest absolute Gasteiger partial charge is 0.298 e. The predicted molar refractivity (Wildman–Crippen MR) is 84.6 cm³/mol. The third kappa shape index (κ3) is 3.05. The van der Waals surface area contributed by atoms with Crippen LogP contribution in [0.3, 0.4) is 0 Å². The molecule has 0 aliphatic rings. The van der Waals surface area contributed by atoms with Crippen LogP contribution in [-0.2, 0) is 16.6 Å². The number of carbonyl (C=O) groups excluding carboxylic acids is 1. The molecule has 2 rings (SSSR count). The smallest absolute Gasteiger partial charge is 0.147 e. The summed E-state index contributed by atoms with van der Waals surface area (Å²) in [7, 11) is 0. The molecule has 0 bridgehead atoms. The van der Waals surface area contributed by atoms with Gasteiger partial charge in [-0.25, -0.2) is 0 Å². The van der Waals surface area contributed by atoms with E-state index < -0.39 is 5.41 Å². The number of Topliss-reactive ketones (excluding diaryl/α,β-unsaturated/α-hetero) is 1. The summed E-state index contributed by atoms with van der Waals surface area (Å²) < 4.78 is 0. The van der Waals surface area contributed by atoms with Crippen molar-refractivity contribution < 1.29 is 4.79 Å². The van der Waals surface area contributed by atoms with Crippen molar-refractivity contribution in [3.63, 3.8) is 0 Å². The van der Waals surface area contributed by atoms with Crippen LogP contribution in [-0.4, -0.2) is 5.78 Å². The zero-order valence-electron chi connectivity index (χ0n) is 11.5. The van der Waals surface area contributed by atoms with Gasteiger partial charge in [0.05, 0.1) is 0 Å². The van der Waals surface area contributed by atoms with Crippen LogP contribution in [0.15, 0.2) is 48.5 Å². The van der Waals surface area contributed by atoms with Crippen LogP contribution >= 0.6 is 23.2 Å². The van der Waals surface area contributed by atoms with Crippen LogP contribution in [0.4, 0.5) is 0 Å². The lowest BCUT2D eigenvalue weighted by Crippen LogP contribution is -2.30. The molecule has 2 aromatic carbocycles. The highest BCUT2D eigenvalue weighted by Gasteiger charge is 2.30. The fraction of sp³-hybridized carbons (Fsp3) is 0.235. The van der Waals surface area contributed by atoms with Crippen LogP contribution in [0.2, 0.25) is 10.0 Å². The molecule has 0 saturated heterocycles. The molecule has 0 saturated carbocycles. The van der Waals surface area contributed by atoms with E-state index in [-0.39, 0.29) is 12.2 Å². The molecule has 0 N–H and O–H groups in total. The van der Waals surface area contributed by atoms with E-state index in [1.54, 1.807) is 18.2 Å². The first kappa shape index (κ1) is 15.1. The van der Waals surface area contributed by atoms with E-state index in [0.717, 1.165) is 5.56 Å². The van der Waals surface area contributed by atoms with E-state index in [1.807, 2.05) is 44.2 Å². The number of hydrogen-bond acceptors (Lipinski definition) is 1. The average Bonchev–Trinajstić information content (AvgIpc) is 2.43. The molecule has 104 valence electrons. The first-order valence-corrected chi connectivity index (χ1v) is 7.20. The van der Waals surface area contributed by atoms with Gasteiger partial charge in [-0.3, -0.25) is 4.79 Å². The van der Waals surface area contributed by atoms with Crippen molar-refractivity contribution in [2.45, 2.75) is 25.7 Å². The summed E-state index contributed by atoms with van der Waals surface area (Å²) in [5, 5.41) is 1.07. The topological polar surface area (TPSA) is 17.1 Å². The molecule has 20 heavy (non-hydrogen) atoms. The second kappa shape index (κ2) is 5.99. The lowest BCUT2D eigenvalue weighted by atomic mass is 9.78. The minimum absolute atomic E-state index is 0.0960. The Morgan fingerprint density at radius 2 is 1.50 bits per heavy atom. The highest BCUT2D eigenvalue weighted by molar-refractivity contribution is 6.36. The monoisotopic (exact) mass is 306 g/mol. The SMILES string of the molecule is CC(C)(C(=O)Cc1c(Cl)cccc1Cl)c1ccccc1. The van der Waals surface area contributed by atoms with Gasteiger partial charge in [0.2, 0.25) is 0 Å². The highest BCUT2D eigenvalue weighted by atomic mass is 35.5. The molecular formula is C17H16Cl2O. The molecule has 0 heterocycles. The Balaban J connectivity index is 2.28. The van der Waals surface area contributed by atoms with Crippen molar-refractivity contribution in [2.24, 2.45) is 0 Å². The van der Waals surface area contributed by atoms with Crippen LogP contribution in [0, 0.1) is 0 Å². The fourth-order valence-electron chi connectivity index (χ4n) is 2.10. The van der Waals surface area contributed by atoms with Crippen molar-refractivity contribution in [1.82, 2.24) is 0 Å².